The molecule has 11 aromatic rings. The average Bonchev–Trinajstić information content (AvgIpc) is 3.83. The van der Waals surface area contributed by atoms with Gasteiger partial charge in [-0.2, -0.15) is 0 Å². The number of furan rings is 2. The van der Waals surface area contributed by atoms with Crippen molar-refractivity contribution in [2.24, 2.45) is 0 Å². The summed E-state index contributed by atoms with van der Waals surface area (Å²) in [5, 5.41) is 6.23. The summed E-state index contributed by atoms with van der Waals surface area (Å²) in [5.74, 6) is 1.73. The number of fused-ring (bicyclic) bond motifs is 7. The quantitative estimate of drug-likeness (QED) is 0.180. The molecule has 0 radical (unpaired) electrons. The van der Waals surface area contributed by atoms with Crippen molar-refractivity contribution in [1.82, 2.24) is 15.0 Å². The SMILES string of the molecule is c1ccc(-c2ccc(-c3ccc(-c4nc(-c5ccc6ccccc6c5)nc(-c5cccc6oc7ccccc7c56)n4)c4c3oc3ccccc34)cc2)cc1. The van der Waals surface area contributed by atoms with Crippen molar-refractivity contribution in [2.75, 3.05) is 0 Å². The van der Waals surface area contributed by atoms with Gasteiger partial charge in [0.2, 0.25) is 0 Å². The highest BCUT2D eigenvalue weighted by Gasteiger charge is 2.22. The molecule has 3 heterocycles. The molecule has 0 unspecified atom stereocenters. The van der Waals surface area contributed by atoms with Crippen molar-refractivity contribution in [3.63, 3.8) is 0 Å². The minimum atomic E-state index is 0.565. The second-order valence-electron chi connectivity index (χ2n) is 13.6. The van der Waals surface area contributed by atoms with E-state index in [0.717, 1.165) is 88.0 Å². The third kappa shape index (κ3) is 4.90. The molecule has 0 saturated carbocycles. The number of aromatic nitrogens is 3. The summed E-state index contributed by atoms with van der Waals surface area (Å²) < 4.78 is 13.0. The van der Waals surface area contributed by atoms with Crippen LogP contribution in [0.5, 0.6) is 0 Å². The maximum absolute atomic E-state index is 6.70. The number of para-hydroxylation sites is 2. The normalized spacial score (nSPS) is 11.7. The largest absolute Gasteiger partial charge is 0.456 e. The van der Waals surface area contributed by atoms with Crippen LogP contribution in [-0.2, 0) is 0 Å². The van der Waals surface area contributed by atoms with E-state index in [4.69, 9.17) is 23.8 Å². The van der Waals surface area contributed by atoms with Crippen molar-refractivity contribution in [2.45, 2.75) is 0 Å². The lowest BCUT2D eigenvalue weighted by Gasteiger charge is -2.12. The van der Waals surface area contributed by atoms with Crippen molar-refractivity contribution in [3.05, 3.63) is 176 Å². The van der Waals surface area contributed by atoms with E-state index in [1.165, 1.54) is 5.56 Å². The Labute approximate surface area is 309 Å². The highest BCUT2D eigenvalue weighted by atomic mass is 16.3. The third-order valence-electron chi connectivity index (χ3n) is 10.4. The van der Waals surface area contributed by atoms with Gasteiger partial charge < -0.3 is 8.83 Å². The second kappa shape index (κ2) is 12.1. The Morgan fingerprint density at radius 1 is 0.315 bits per heavy atom. The Hall–Kier alpha value is -7.37. The van der Waals surface area contributed by atoms with Gasteiger partial charge in [0, 0.05) is 43.8 Å². The van der Waals surface area contributed by atoms with E-state index < -0.39 is 0 Å². The molecule has 0 fully saturated rings. The Morgan fingerprint density at radius 3 is 1.67 bits per heavy atom. The highest BCUT2D eigenvalue weighted by molar-refractivity contribution is 6.16. The zero-order chi connectivity index (χ0) is 35.6. The van der Waals surface area contributed by atoms with Crippen molar-refractivity contribution in [3.8, 4) is 56.4 Å². The van der Waals surface area contributed by atoms with Gasteiger partial charge in [0.05, 0.1) is 0 Å². The fourth-order valence-electron chi connectivity index (χ4n) is 7.75. The molecular weight excluding hydrogens is 663 g/mol. The van der Waals surface area contributed by atoms with Crippen LogP contribution in [0.3, 0.4) is 0 Å². The fraction of sp³-hybridized carbons (Fsp3) is 0. The first-order chi connectivity index (χ1) is 26.7. The van der Waals surface area contributed by atoms with E-state index in [2.05, 4.69) is 121 Å². The van der Waals surface area contributed by atoms with E-state index in [1.807, 2.05) is 54.6 Å². The monoisotopic (exact) mass is 691 g/mol. The highest BCUT2D eigenvalue weighted by Crippen LogP contribution is 2.43. The molecule has 0 spiro atoms. The molecule has 54 heavy (non-hydrogen) atoms. The van der Waals surface area contributed by atoms with E-state index >= 15 is 0 Å². The number of hydrogen-bond acceptors (Lipinski definition) is 5. The Kier molecular flexibility index (Phi) is 6.79. The van der Waals surface area contributed by atoms with Crippen LogP contribution in [0.25, 0.3) is 111 Å². The molecule has 0 N–H and O–H groups in total. The van der Waals surface area contributed by atoms with Crippen LogP contribution in [0.4, 0.5) is 0 Å². The average molecular weight is 692 g/mol. The van der Waals surface area contributed by atoms with Crippen LogP contribution >= 0.6 is 0 Å². The summed E-state index contributed by atoms with van der Waals surface area (Å²) >= 11 is 0. The van der Waals surface area contributed by atoms with E-state index in [0.29, 0.717) is 17.5 Å². The molecule has 0 saturated heterocycles. The van der Waals surface area contributed by atoms with Crippen LogP contribution in [0.1, 0.15) is 0 Å². The molecule has 8 aromatic carbocycles. The molecule has 0 aliphatic carbocycles. The van der Waals surface area contributed by atoms with Gasteiger partial charge in [0.15, 0.2) is 17.5 Å². The van der Waals surface area contributed by atoms with E-state index in [-0.39, 0.29) is 0 Å². The number of nitrogens with zero attached hydrogens (tertiary/aromatic N) is 3. The predicted octanol–water partition coefficient (Wildman–Crippen LogP) is 13.2. The van der Waals surface area contributed by atoms with Crippen LogP contribution in [0, 0.1) is 0 Å². The first-order valence-corrected chi connectivity index (χ1v) is 18.0. The molecule has 0 amide bonds. The minimum Gasteiger partial charge on any atom is -0.456 e. The molecule has 5 nitrogen and oxygen atoms in total. The zero-order valence-corrected chi connectivity index (χ0v) is 28.9. The van der Waals surface area contributed by atoms with Gasteiger partial charge in [-0.25, -0.2) is 15.0 Å². The molecule has 5 heteroatoms. The van der Waals surface area contributed by atoms with Crippen molar-refractivity contribution >= 4 is 54.6 Å². The van der Waals surface area contributed by atoms with Gasteiger partial charge in [-0.05, 0) is 63.9 Å². The summed E-state index contributed by atoms with van der Waals surface area (Å²) in [7, 11) is 0. The molecule has 0 aliphatic heterocycles. The fourth-order valence-corrected chi connectivity index (χ4v) is 7.75. The number of rotatable bonds is 5. The summed E-state index contributed by atoms with van der Waals surface area (Å²) in [6.07, 6.45) is 0. The van der Waals surface area contributed by atoms with Crippen LogP contribution < -0.4 is 0 Å². The van der Waals surface area contributed by atoms with Gasteiger partial charge in [-0.1, -0.05) is 140 Å². The number of benzene rings is 8. The topological polar surface area (TPSA) is 65.0 Å². The lowest BCUT2D eigenvalue weighted by Crippen LogP contribution is -2.01. The first kappa shape index (κ1) is 30.3. The standard InChI is InChI=1S/C49H29N3O2/c1-2-11-30(12-3-1)32-21-24-33(25-22-32)36-27-28-40(45-38-16-7-9-19-42(38)54-46(36)45)49-51-47(35-26-23-31-13-4-5-14-34(31)29-35)50-48(52-49)39-17-10-20-43-44(39)37-15-6-8-18-41(37)53-43/h1-29H. The Morgan fingerprint density at radius 2 is 0.870 bits per heavy atom. The summed E-state index contributed by atoms with van der Waals surface area (Å²) in [6, 6.07) is 60.4. The smallest absolute Gasteiger partial charge is 0.164 e. The summed E-state index contributed by atoms with van der Waals surface area (Å²) in [6.45, 7) is 0. The maximum Gasteiger partial charge on any atom is 0.164 e. The van der Waals surface area contributed by atoms with Crippen LogP contribution in [0.2, 0.25) is 0 Å². The Bertz CT molecular complexity index is 3210. The lowest BCUT2D eigenvalue weighted by molar-refractivity contribution is 0.669. The molecule has 0 aliphatic rings. The number of hydrogen-bond donors (Lipinski definition) is 0. The van der Waals surface area contributed by atoms with Gasteiger partial charge in [-0.3, -0.25) is 0 Å². The van der Waals surface area contributed by atoms with Gasteiger partial charge in [-0.15, -0.1) is 0 Å². The molecule has 252 valence electrons. The van der Waals surface area contributed by atoms with Crippen molar-refractivity contribution < 1.29 is 8.83 Å². The maximum atomic E-state index is 6.70. The van der Waals surface area contributed by atoms with Crippen molar-refractivity contribution in [1.29, 1.82) is 0 Å². The second-order valence-corrected chi connectivity index (χ2v) is 13.6. The molecule has 11 rings (SSSR count). The molecule has 0 bridgehead atoms. The van der Waals surface area contributed by atoms with E-state index in [1.54, 1.807) is 0 Å². The van der Waals surface area contributed by atoms with Gasteiger partial charge in [0.25, 0.3) is 0 Å². The predicted molar refractivity (Wildman–Crippen MR) is 219 cm³/mol. The molecular formula is C49H29N3O2. The lowest BCUT2D eigenvalue weighted by atomic mass is 9.96. The Balaban J connectivity index is 1.16. The molecule has 0 atom stereocenters. The first-order valence-electron chi connectivity index (χ1n) is 18.0. The van der Waals surface area contributed by atoms with Gasteiger partial charge in [0.1, 0.15) is 22.3 Å². The molecule has 3 aromatic heterocycles. The van der Waals surface area contributed by atoms with E-state index in [9.17, 15) is 0 Å². The van der Waals surface area contributed by atoms with Gasteiger partial charge >= 0.3 is 0 Å². The summed E-state index contributed by atoms with van der Waals surface area (Å²) in [4.78, 5) is 15.7. The minimum absolute atomic E-state index is 0.565. The summed E-state index contributed by atoms with van der Waals surface area (Å²) in [5.41, 5.74) is 10.3. The zero-order valence-electron chi connectivity index (χ0n) is 28.9. The third-order valence-corrected chi connectivity index (χ3v) is 10.4. The van der Waals surface area contributed by atoms with Crippen LogP contribution in [0.15, 0.2) is 185 Å². The van der Waals surface area contributed by atoms with Crippen LogP contribution in [-0.4, -0.2) is 15.0 Å².